The summed E-state index contributed by atoms with van der Waals surface area (Å²) in [5.41, 5.74) is 1.81. The van der Waals surface area contributed by atoms with E-state index in [9.17, 15) is 4.39 Å². The van der Waals surface area contributed by atoms with E-state index in [0.717, 1.165) is 33.4 Å². The average molecular weight is 356 g/mol. The van der Waals surface area contributed by atoms with Gasteiger partial charge in [-0.3, -0.25) is 0 Å². The van der Waals surface area contributed by atoms with Crippen LogP contribution in [0.3, 0.4) is 0 Å². The summed E-state index contributed by atoms with van der Waals surface area (Å²) < 4.78 is 15.3. The van der Waals surface area contributed by atoms with Crippen LogP contribution in [0.4, 0.5) is 4.39 Å². The Morgan fingerprint density at radius 2 is 2.05 bits per heavy atom. The summed E-state index contributed by atoms with van der Waals surface area (Å²) in [5, 5.41) is 3.46. The van der Waals surface area contributed by atoms with Gasteiger partial charge in [0.1, 0.15) is 5.82 Å². The fraction of sp³-hybridized carbons (Fsp3) is 0.375. The van der Waals surface area contributed by atoms with Crippen LogP contribution in [0.15, 0.2) is 28.7 Å². The van der Waals surface area contributed by atoms with Crippen LogP contribution >= 0.6 is 27.3 Å². The Kier molecular flexibility index (Phi) is 5.35. The maximum absolute atomic E-state index is 14.2. The fourth-order valence-electron chi connectivity index (χ4n) is 2.16. The Bertz CT molecular complexity index is 575. The highest BCUT2D eigenvalue weighted by Crippen LogP contribution is 2.34. The van der Waals surface area contributed by atoms with Gasteiger partial charge in [0.05, 0.1) is 6.04 Å². The van der Waals surface area contributed by atoms with Crippen molar-refractivity contribution in [1.29, 1.82) is 0 Å². The smallest absolute Gasteiger partial charge is 0.128 e. The zero-order chi connectivity index (χ0) is 14.7. The van der Waals surface area contributed by atoms with E-state index in [0.29, 0.717) is 0 Å². The predicted octanol–water partition coefficient (Wildman–Crippen LogP) is 5.36. The molecule has 0 amide bonds. The summed E-state index contributed by atoms with van der Waals surface area (Å²) in [7, 11) is 0. The van der Waals surface area contributed by atoms with E-state index in [1.165, 1.54) is 4.88 Å². The van der Waals surface area contributed by atoms with Gasteiger partial charge in [-0.2, -0.15) is 0 Å². The zero-order valence-electron chi connectivity index (χ0n) is 12.0. The molecular weight excluding hydrogens is 337 g/mol. The lowest BCUT2D eigenvalue weighted by Gasteiger charge is -2.19. The Morgan fingerprint density at radius 3 is 2.65 bits per heavy atom. The minimum absolute atomic E-state index is 0.0788. The molecule has 0 saturated heterocycles. The Balaban J connectivity index is 2.43. The number of rotatable bonds is 5. The van der Waals surface area contributed by atoms with Gasteiger partial charge in [0, 0.05) is 19.8 Å². The van der Waals surface area contributed by atoms with Gasteiger partial charge in [0.2, 0.25) is 0 Å². The van der Waals surface area contributed by atoms with Crippen LogP contribution < -0.4 is 5.32 Å². The van der Waals surface area contributed by atoms with E-state index in [4.69, 9.17) is 0 Å². The molecule has 0 bridgehead atoms. The van der Waals surface area contributed by atoms with Crippen LogP contribution in [0.2, 0.25) is 0 Å². The summed E-state index contributed by atoms with van der Waals surface area (Å²) in [6, 6.07) is 7.32. The third-order valence-corrected chi connectivity index (χ3v) is 5.42. The number of halogens is 2. The van der Waals surface area contributed by atoms with Gasteiger partial charge in [-0.15, -0.1) is 11.3 Å². The third kappa shape index (κ3) is 3.48. The molecule has 1 nitrogen and oxygen atoms in total. The van der Waals surface area contributed by atoms with Crippen molar-refractivity contribution in [3.05, 3.63) is 55.4 Å². The molecule has 1 aromatic carbocycles. The van der Waals surface area contributed by atoms with E-state index in [1.807, 2.05) is 19.1 Å². The number of hydrogen-bond donors (Lipinski definition) is 1. The SMILES string of the molecule is CCCNC(c1cc(Br)c(C)s1)c1cc(C)ccc1F. The molecule has 2 rings (SSSR count). The lowest BCUT2D eigenvalue weighted by molar-refractivity contribution is 0.550. The molecule has 2 aromatic rings. The number of aryl methyl sites for hydroxylation is 2. The molecule has 0 aliphatic heterocycles. The highest BCUT2D eigenvalue weighted by Gasteiger charge is 2.20. The molecule has 0 spiro atoms. The van der Waals surface area contributed by atoms with E-state index >= 15 is 0 Å². The van der Waals surface area contributed by atoms with Crippen LogP contribution in [-0.4, -0.2) is 6.54 Å². The van der Waals surface area contributed by atoms with E-state index < -0.39 is 0 Å². The Labute approximate surface area is 132 Å². The highest BCUT2D eigenvalue weighted by atomic mass is 79.9. The summed E-state index contributed by atoms with van der Waals surface area (Å²) in [6.45, 7) is 7.05. The molecule has 108 valence electrons. The van der Waals surface area contributed by atoms with Crippen molar-refractivity contribution < 1.29 is 4.39 Å². The van der Waals surface area contributed by atoms with Crippen molar-refractivity contribution in [2.24, 2.45) is 0 Å². The maximum atomic E-state index is 14.2. The average Bonchev–Trinajstić information content (AvgIpc) is 2.74. The summed E-state index contributed by atoms with van der Waals surface area (Å²) >= 11 is 5.25. The van der Waals surface area contributed by atoms with Crippen molar-refractivity contribution >= 4 is 27.3 Å². The molecule has 4 heteroatoms. The van der Waals surface area contributed by atoms with Crippen molar-refractivity contribution in [3.63, 3.8) is 0 Å². The second kappa shape index (κ2) is 6.83. The monoisotopic (exact) mass is 355 g/mol. The van der Waals surface area contributed by atoms with Crippen molar-refractivity contribution in [2.45, 2.75) is 33.2 Å². The predicted molar refractivity (Wildman–Crippen MR) is 88.0 cm³/mol. The van der Waals surface area contributed by atoms with E-state index in [2.05, 4.69) is 41.2 Å². The number of benzene rings is 1. The normalized spacial score (nSPS) is 12.7. The molecule has 1 heterocycles. The van der Waals surface area contributed by atoms with Crippen molar-refractivity contribution in [3.8, 4) is 0 Å². The van der Waals surface area contributed by atoms with Crippen LogP contribution in [0.5, 0.6) is 0 Å². The first-order chi connectivity index (χ1) is 9.52. The maximum Gasteiger partial charge on any atom is 0.128 e. The van der Waals surface area contributed by atoms with E-state index in [1.54, 1.807) is 17.4 Å². The first-order valence-electron chi connectivity index (χ1n) is 6.78. The topological polar surface area (TPSA) is 12.0 Å². The Morgan fingerprint density at radius 1 is 1.30 bits per heavy atom. The molecule has 1 aromatic heterocycles. The van der Waals surface area contributed by atoms with Gasteiger partial charge in [0.25, 0.3) is 0 Å². The lowest BCUT2D eigenvalue weighted by atomic mass is 10.0. The first-order valence-corrected chi connectivity index (χ1v) is 8.39. The molecule has 1 N–H and O–H groups in total. The van der Waals surface area contributed by atoms with Gasteiger partial charge in [0.15, 0.2) is 0 Å². The Hall–Kier alpha value is -0.710. The highest BCUT2D eigenvalue weighted by molar-refractivity contribution is 9.10. The van der Waals surface area contributed by atoms with E-state index in [-0.39, 0.29) is 11.9 Å². The third-order valence-electron chi connectivity index (χ3n) is 3.22. The summed E-state index contributed by atoms with van der Waals surface area (Å²) in [4.78, 5) is 2.36. The molecule has 1 atom stereocenters. The van der Waals surface area contributed by atoms with Crippen molar-refractivity contribution in [2.75, 3.05) is 6.54 Å². The molecule has 1 unspecified atom stereocenters. The van der Waals surface area contributed by atoms with Gasteiger partial charge in [-0.05, 0) is 54.9 Å². The van der Waals surface area contributed by atoms with Crippen LogP contribution in [0.1, 0.15) is 40.3 Å². The molecule has 0 radical (unpaired) electrons. The second-order valence-corrected chi connectivity index (χ2v) is 7.11. The number of hydrogen-bond acceptors (Lipinski definition) is 2. The molecule has 20 heavy (non-hydrogen) atoms. The number of nitrogens with one attached hydrogen (secondary N) is 1. The van der Waals surface area contributed by atoms with Crippen LogP contribution in [0, 0.1) is 19.7 Å². The lowest BCUT2D eigenvalue weighted by Crippen LogP contribution is -2.23. The van der Waals surface area contributed by atoms with Gasteiger partial charge in [-0.1, -0.05) is 24.6 Å². The molecular formula is C16H19BrFNS. The molecule has 0 aliphatic carbocycles. The zero-order valence-corrected chi connectivity index (χ0v) is 14.4. The molecule has 0 saturated carbocycles. The molecule has 0 fully saturated rings. The minimum atomic E-state index is -0.147. The summed E-state index contributed by atoms with van der Waals surface area (Å²) in [5.74, 6) is -0.147. The standard InChI is InChI=1S/C16H19BrFNS/c1-4-7-19-16(15-9-13(17)11(3)20-15)12-8-10(2)5-6-14(12)18/h5-6,8-9,16,19H,4,7H2,1-3H3. The summed E-state index contributed by atoms with van der Waals surface area (Å²) in [6.07, 6.45) is 1.02. The fourth-order valence-corrected chi connectivity index (χ4v) is 3.82. The quantitative estimate of drug-likeness (QED) is 0.761. The second-order valence-electron chi connectivity index (χ2n) is 4.96. The van der Waals surface area contributed by atoms with Gasteiger partial charge in [-0.25, -0.2) is 4.39 Å². The van der Waals surface area contributed by atoms with Crippen LogP contribution in [0.25, 0.3) is 0 Å². The first kappa shape index (κ1) is 15.7. The minimum Gasteiger partial charge on any atom is -0.306 e. The van der Waals surface area contributed by atoms with Crippen molar-refractivity contribution in [1.82, 2.24) is 5.32 Å². The number of thiophene rings is 1. The van der Waals surface area contributed by atoms with Crippen LogP contribution in [-0.2, 0) is 0 Å². The van der Waals surface area contributed by atoms with Gasteiger partial charge >= 0.3 is 0 Å². The van der Waals surface area contributed by atoms with Gasteiger partial charge < -0.3 is 5.32 Å². The largest absolute Gasteiger partial charge is 0.306 e. The molecule has 0 aliphatic rings.